The summed E-state index contributed by atoms with van der Waals surface area (Å²) in [6.07, 6.45) is 3.04. The highest BCUT2D eigenvalue weighted by Gasteiger charge is 1.99. The van der Waals surface area contributed by atoms with Gasteiger partial charge in [-0.25, -0.2) is 4.79 Å². The Morgan fingerprint density at radius 1 is 1.33 bits per heavy atom. The van der Waals surface area contributed by atoms with Gasteiger partial charge in [-0.05, 0) is 0 Å². The second-order valence-electron chi connectivity index (χ2n) is 2.23. The Morgan fingerprint density at radius 2 is 2.08 bits per heavy atom. The van der Waals surface area contributed by atoms with Crippen molar-refractivity contribution in [1.82, 2.24) is 15.0 Å². The van der Waals surface area contributed by atoms with Crippen LogP contribution in [0.1, 0.15) is 0 Å². The second-order valence-corrected chi connectivity index (χ2v) is 2.23. The number of nitrogen functional groups attached to an aromatic ring is 1. The van der Waals surface area contributed by atoms with Crippen LogP contribution >= 0.6 is 12.4 Å². The third-order valence-electron chi connectivity index (χ3n) is 1.46. The number of rotatable bonds is 0. The molecule has 0 spiro atoms. The number of nitrogens with zero attached hydrogens (tertiary/aromatic N) is 1. The Kier molecular flexibility index (Phi) is 2.05. The molecule has 6 heteroatoms. The fourth-order valence-corrected chi connectivity index (χ4v) is 0.978. The first-order valence-corrected chi connectivity index (χ1v) is 3.09. The summed E-state index contributed by atoms with van der Waals surface area (Å²) in [5, 5.41) is 0. The first kappa shape index (κ1) is 8.61. The maximum absolute atomic E-state index is 10.7. The molecule has 0 fully saturated rings. The van der Waals surface area contributed by atoms with E-state index < -0.39 is 0 Å². The first-order chi connectivity index (χ1) is 5.27. The Balaban J connectivity index is 0.000000720. The van der Waals surface area contributed by atoms with Crippen LogP contribution < -0.4 is 11.4 Å². The third-order valence-corrected chi connectivity index (χ3v) is 1.46. The number of imidazole rings is 1. The van der Waals surface area contributed by atoms with E-state index in [9.17, 15) is 4.79 Å². The number of anilines is 1. The van der Waals surface area contributed by atoms with Gasteiger partial charge in [0.25, 0.3) is 0 Å². The average molecular weight is 187 g/mol. The lowest BCUT2D eigenvalue weighted by Crippen LogP contribution is -1.99. The predicted octanol–water partition coefficient (Wildman–Crippen LogP) is 0.255. The van der Waals surface area contributed by atoms with E-state index in [-0.39, 0.29) is 18.1 Å². The highest BCUT2D eigenvalue weighted by molar-refractivity contribution is 5.85. The number of hydrogen-bond acceptors (Lipinski definition) is 3. The van der Waals surface area contributed by atoms with Crippen LogP contribution in [0.5, 0.6) is 0 Å². The van der Waals surface area contributed by atoms with Gasteiger partial charge in [0.2, 0.25) is 0 Å². The number of pyridine rings is 1. The normalized spacial score (nSPS) is 9.67. The number of fused-ring (bicyclic) bond motifs is 1. The summed E-state index contributed by atoms with van der Waals surface area (Å²) in [4.78, 5) is 19.7. The van der Waals surface area contributed by atoms with Gasteiger partial charge in [-0.2, -0.15) is 0 Å². The molecule has 2 rings (SSSR count). The minimum Gasteiger partial charge on any atom is -0.396 e. The van der Waals surface area contributed by atoms with Crippen molar-refractivity contribution in [3.8, 4) is 0 Å². The van der Waals surface area contributed by atoms with Crippen LogP contribution in [0.15, 0.2) is 17.2 Å². The number of hydrogen-bond donors (Lipinski definition) is 3. The zero-order valence-corrected chi connectivity index (χ0v) is 6.81. The molecule has 0 unspecified atom stereocenters. The van der Waals surface area contributed by atoms with E-state index in [0.717, 1.165) is 0 Å². The quantitative estimate of drug-likeness (QED) is 0.551. The van der Waals surface area contributed by atoms with E-state index in [0.29, 0.717) is 16.7 Å². The summed E-state index contributed by atoms with van der Waals surface area (Å²) < 4.78 is 0. The molecule has 64 valence electrons. The zero-order valence-electron chi connectivity index (χ0n) is 6.00. The standard InChI is InChI=1S/C6H6N4O.ClH/c7-3-1-8-2-4-5(3)10-6(11)9-4;/h1-2H,7H2,(H2,9,10,11);1H. The molecule has 0 aromatic carbocycles. The molecule has 0 aliphatic heterocycles. The van der Waals surface area contributed by atoms with Crippen molar-refractivity contribution in [3.63, 3.8) is 0 Å². The molecule has 0 saturated carbocycles. The van der Waals surface area contributed by atoms with E-state index in [2.05, 4.69) is 15.0 Å². The number of nitrogens with two attached hydrogens (primary N) is 1. The van der Waals surface area contributed by atoms with Crippen molar-refractivity contribution in [3.05, 3.63) is 22.9 Å². The van der Waals surface area contributed by atoms with Crippen LogP contribution in [-0.4, -0.2) is 15.0 Å². The van der Waals surface area contributed by atoms with Crippen molar-refractivity contribution >= 4 is 29.1 Å². The van der Waals surface area contributed by atoms with Crippen molar-refractivity contribution in [2.75, 3.05) is 5.73 Å². The topological polar surface area (TPSA) is 87.6 Å². The molecule has 4 N–H and O–H groups in total. The van der Waals surface area contributed by atoms with Crippen LogP contribution in [0.25, 0.3) is 11.0 Å². The Morgan fingerprint density at radius 3 is 2.75 bits per heavy atom. The summed E-state index contributed by atoms with van der Waals surface area (Å²) in [6.45, 7) is 0. The zero-order chi connectivity index (χ0) is 7.84. The number of aromatic nitrogens is 3. The molecular weight excluding hydrogens is 180 g/mol. The maximum Gasteiger partial charge on any atom is 0.323 e. The number of nitrogens with one attached hydrogen (secondary N) is 2. The number of halogens is 1. The minimum absolute atomic E-state index is 0. The molecule has 0 bridgehead atoms. The molecule has 0 radical (unpaired) electrons. The van der Waals surface area contributed by atoms with Gasteiger partial charge in [0.1, 0.15) is 0 Å². The summed E-state index contributed by atoms with van der Waals surface area (Å²) in [5.41, 5.74) is 6.98. The lowest BCUT2D eigenvalue weighted by atomic mass is 10.4. The van der Waals surface area contributed by atoms with Gasteiger partial charge < -0.3 is 15.7 Å². The van der Waals surface area contributed by atoms with Crippen molar-refractivity contribution in [2.24, 2.45) is 0 Å². The Bertz CT molecular complexity index is 446. The lowest BCUT2D eigenvalue weighted by molar-refractivity contribution is 1.21. The Labute approximate surface area is 73.4 Å². The van der Waals surface area contributed by atoms with Gasteiger partial charge in [-0.15, -0.1) is 12.4 Å². The number of H-pyrrole nitrogens is 2. The largest absolute Gasteiger partial charge is 0.396 e. The van der Waals surface area contributed by atoms with Gasteiger partial charge in [-0.1, -0.05) is 0 Å². The summed E-state index contributed by atoms with van der Waals surface area (Å²) in [7, 11) is 0. The monoisotopic (exact) mass is 186 g/mol. The fourth-order valence-electron chi connectivity index (χ4n) is 0.978. The molecule has 0 atom stereocenters. The fraction of sp³-hybridized carbons (Fsp3) is 0. The van der Waals surface area contributed by atoms with Gasteiger partial charge in [-0.3, -0.25) is 4.98 Å². The predicted molar refractivity (Wildman–Crippen MR) is 48.4 cm³/mol. The van der Waals surface area contributed by atoms with Gasteiger partial charge in [0, 0.05) is 0 Å². The van der Waals surface area contributed by atoms with Crippen LogP contribution in [0, 0.1) is 0 Å². The van der Waals surface area contributed by atoms with Gasteiger partial charge in [0.05, 0.1) is 29.1 Å². The smallest absolute Gasteiger partial charge is 0.323 e. The molecule has 0 amide bonds. The van der Waals surface area contributed by atoms with Gasteiger partial charge in [0.15, 0.2) is 0 Å². The van der Waals surface area contributed by atoms with E-state index in [1.54, 1.807) is 6.20 Å². The van der Waals surface area contributed by atoms with Crippen LogP contribution in [0.2, 0.25) is 0 Å². The summed E-state index contributed by atoms with van der Waals surface area (Å²) in [5.74, 6) is 0. The van der Waals surface area contributed by atoms with Crippen LogP contribution in [0.4, 0.5) is 5.69 Å². The van der Waals surface area contributed by atoms with Crippen LogP contribution in [0.3, 0.4) is 0 Å². The van der Waals surface area contributed by atoms with Crippen molar-refractivity contribution < 1.29 is 0 Å². The molecule has 12 heavy (non-hydrogen) atoms. The van der Waals surface area contributed by atoms with Crippen molar-refractivity contribution in [1.29, 1.82) is 0 Å². The second kappa shape index (κ2) is 2.86. The third kappa shape index (κ3) is 1.14. The molecular formula is C6H7ClN4O. The van der Waals surface area contributed by atoms with E-state index in [1.165, 1.54) is 6.20 Å². The molecule has 0 aliphatic rings. The molecule has 2 aromatic rings. The molecule has 2 heterocycles. The lowest BCUT2D eigenvalue weighted by Gasteiger charge is -1.90. The number of aromatic amines is 2. The SMILES string of the molecule is Cl.Nc1cncc2[nH]c(=O)[nH]c12. The highest BCUT2D eigenvalue weighted by atomic mass is 35.5. The first-order valence-electron chi connectivity index (χ1n) is 3.09. The van der Waals surface area contributed by atoms with Crippen molar-refractivity contribution in [2.45, 2.75) is 0 Å². The minimum atomic E-state index is -0.264. The maximum atomic E-state index is 10.7. The highest BCUT2D eigenvalue weighted by Crippen LogP contribution is 2.11. The summed E-state index contributed by atoms with van der Waals surface area (Å²) in [6, 6.07) is 0. The molecule has 0 saturated heterocycles. The Hall–Kier alpha value is -1.49. The van der Waals surface area contributed by atoms with E-state index >= 15 is 0 Å². The summed E-state index contributed by atoms with van der Waals surface area (Å²) >= 11 is 0. The molecule has 5 nitrogen and oxygen atoms in total. The van der Waals surface area contributed by atoms with E-state index in [4.69, 9.17) is 5.73 Å². The molecule has 2 aromatic heterocycles. The molecule has 0 aliphatic carbocycles. The van der Waals surface area contributed by atoms with E-state index in [1.807, 2.05) is 0 Å². The van der Waals surface area contributed by atoms with Gasteiger partial charge >= 0.3 is 5.69 Å². The van der Waals surface area contributed by atoms with Crippen LogP contribution in [-0.2, 0) is 0 Å². The average Bonchev–Trinajstić information content (AvgIpc) is 2.31.